The van der Waals surface area contributed by atoms with Crippen molar-refractivity contribution in [3.63, 3.8) is 0 Å². The molecule has 0 spiro atoms. The SMILES string of the molecule is CN(c1ccc(Br)s1)c1cc(F)ccc1N. The van der Waals surface area contributed by atoms with Crippen LogP contribution < -0.4 is 10.6 Å². The number of hydrogen-bond acceptors (Lipinski definition) is 3. The summed E-state index contributed by atoms with van der Waals surface area (Å²) in [5.74, 6) is -0.285. The van der Waals surface area contributed by atoms with Gasteiger partial charge in [-0.05, 0) is 46.3 Å². The van der Waals surface area contributed by atoms with Crippen LogP contribution in [0.3, 0.4) is 0 Å². The summed E-state index contributed by atoms with van der Waals surface area (Å²) >= 11 is 4.96. The molecule has 0 radical (unpaired) electrons. The van der Waals surface area contributed by atoms with Crippen molar-refractivity contribution in [2.24, 2.45) is 0 Å². The van der Waals surface area contributed by atoms with Crippen molar-refractivity contribution in [1.29, 1.82) is 0 Å². The molecule has 0 unspecified atom stereocenters. The summed E-state index contributed by atoms with van der Waals surface area (Å²) in [5.41, 5.74) is 7.06. The molecule has 0 aliphatic carbocycles. The van der Waals surface area contributed by atoms with Gasteiger partial charge in [-0.15, -0.1) is 11.3 Å². The predicted molar refractivity (Wildman–Crippen MR) is 70.9 cm³/mol. The molecule has 2 nitrogen and oxygen atoms in total. The lowest BCUT2D eigenvalue weighted by molar-refractivity contribution is 0.628. The third-order valence-corrected chi connectivity index (χ3v) is 3.94. The average molecular weight is 301 g/mol. The number of nitrogen functional groups attached to an aromatic ring is 1. The summed E-state index contributed by atoms with van der Waals surface area (Å²) in [6.45, 7) is 0. The highest BCUT2D eigenvalue weighted by Gasteiger charge is 2.10. The molecule has 16 heavy (non-hydrogen) atoms. The van der Waals surface area contributed by atoms with E-state index in [4.69, 9.17) is 5.73 Å². The Kier molecular flexibility index (Phi) is 3.16. The van der Waals surface area contributed by atoms with Crippen molar-refractivity contribution in [3.05, 3.63) is 39.9 Å². The van der Waals surface area contributed by atoms with Crippen LogP contribution in [0.15, 0.2) is 34.1 Å². The number of nitrogens with zero attached hydrogens (tertiary/aromatic N) is 1. The van der Waals surface area contributed by atoms with Gasteiger partial charge in [0, 0.05) is 7.05 Å². The van der Waals surface area contributed by atoms with E-state index in [0.717, 1.165) is 8.79 Å². The minimum atomic E-state index is -0.285. The molecule has 0 atom stereocenters. The van der Waals surface area contributed by atoms with Crippen molar-refractivity contribution in [2.45, 2.75) is 0 Å². The van der Waals surface area contributed by atoms with Crippen molar-refractivity contribution in [3.8, 4) is 0 Å². The highest BCUT2D eigenvalue weighted by atomic mass is 79.9. The second kappa shape index (κ2) is 4.43. The molecule has 84 valence electrons. The minimum absolute atomic E-state index is 0.285. The second-order valence-electron chi connectivity index (χ2n) is 3.34. The van der Waals surface area contributed by atoms with Gasteiger partial charge < -0.3 is 10.6 Å². The third kappa shape index (κ3) is 2.20. The van der Waals surface area contributed by atoms with Crippen LogP contribution in [-0.4, -0.2) is 7.05 Å². The van der Waals surface area contributed by atoms with E-state index in [1.54, 1.807) is 17.4 Å². The largest absolute Gasteiger partial charge is 0.397 e. The zero-order valence-electron chi connectivity index (χ0n) is 8.58. The van der Waals surface area contributed by atoms with E-state index in [-0.39, 0.29) is 5.82 Å². The van der Waals surface area contributed by atoms with Gasteiger partial charge in [0.25, 0.3) is 0 Å². The minimum Gasteiger partial charge on any atom is -0.397 e. The first-order chi connectivity index (χ1) is 7.58. The van der Waals surface area contributed by atoms with Gasteiger partial charge in [0.1, 0.15) is 5.82 Å². The molecule has 0 amide bonds. The van der Waals surface area contributed by atoms with Gasteiger partial charge in [-0.3, -0.25) is 0 Å². The first-order valence-corrected chi connectivity index (χ1v) is 6.23. The lowest BCUT2D eigenvalue weighted by Crippen LogP contribution is -2.10. The van der Waals surface area contributed by atoms with Crippen LogP contribution in [0.4, 0.5) is 20.8 Å². The number of nitrogens with two attached hydrogens (primary N) is 1. The van der Waals surface area contributed by atoms with Crippen molar-refractivity contribution >= 4 is 43.6 Å². The Labute approximate surface area is 106 Å². The van der Waals surface area contributed by atoms with Crippen LogP contribution in [-0.2, 0) is 0 Å². The first-order valence-electron chi connectivity index (χ1n) is 4.62. The Morgan fingerprint density at radius 2 is 2.06 bits per heavy atom. The van der Waals surface area contributed by atoms with Gasteiger partial charge in [-0.1, -0.05) is 0 Å². The molecule has 2 N–H and O–H groups in total. The molecule has 0 saturated heterocycles. The Balaban J connectivity index is 2.40. The number of hydrogen-bond donors (Lipinski definition) is 1. The molecule has 0 saturated carbocycles. The van der Waals surface area contributed by atoms with E-state index in [2.05, 4.69) is 15.9 Å². The number of anilines is 3. The molecule has 2 aromatic rings. The number of benzene rings is 1. The van der Waals surface area contributed by atoms with Crippen molar-refractivity contribution in [1.82, 2.24) is 0 Å². The van der Waals surface area contributed by atoms with Gasteiger partial charge in [0.2, 0.25) is 0 Å². The molecule has 2 rings (SSSR count). The summed E-state index contributed by atoms with van der Waals surface area (Å²) in [7, 11) is 1.86. The Morgan fingerprint density at radius 1 is 1.31 bits per heavy atom. The van der Waals surface area contributed by atoms with E-state index in [1.165, 1.54) is 12.1 Å². The predicted octanol–water partition coefficient (Wildman–Crippen LogP) is 4.00. The van der Waals surface area contributed by atoms with E-state index < -0.39 is 0 Å². The van der Waals surface area contributed by atoms with Gasteiger partial charge in [-0.2, -0.15) is 0 Å². The normalized spacial score (nSPS) is 10.4. The summed E-state index contributed by atoms with van der Waals surface area (Å²) in [6.07, 6.45) is 0. The molecule has 5 heteroatoms. The quantitative estimate of drug-likeness (QED) is 0.850. The molecule has 0 aliphatic rings. The standard InChI is InChI=1S/C11H10BrFN2S/c1-15(11-5-4-10(12)16-11)9-6-7(13)2-3-8(9)14/h2-6H,14H2,1H3. The lowest BCUT2D eigenvalue weighted by Gasteiger charge is -2.19. The maximum absolute atomic E-state index is 13.1. The van der Waals surface area contributed by atoms with Crippen LogP contribution >= 0.6 is 27.3 Å². The Hall–Kier alpha value is -1.07. The van der Waals surface area contributed by atoms with Crippen LogP contribution in [0.1, 0.15) is 0 Å². The van der Waals surface area contributed by atoms with Crippen LogP contribution in [0.2, 0.25) is 0 Å². The fraction of sp³-hybridized carbons (Fsp3) is 0.0909. The monoisotopic (exact) mass is 300 g/mol. The van der Waals surface area contributed by atoms with E-state index in [0.29, 0.717) is 11.4 Å². The van der Waals surface area contributed by atoms with E-state index >= 15 is 0 Å². The van der Waals surface area contributed by atoms with Crippen molar-refractivity contribution in [2.75, 3.05) is 17.7 Å². The molecule has 0 fully saturated rings. The molecule has 0 bridgehead atoms. The summed E-state index contributed by atoms with van der Waals surface area (Å²) in [5, 5.41) is 1.00. The van der Waals surface area contributed by atoms with Crippen molar-refractivity contribution < 1.29 is 4.39 Å². The highest BCUT2D eigenvalue weighted by molar-refractivity contribution is 9.11. The summed E-state index contributed by atoms with van der Waals surface area (Å²) in [4.78, 5) is 1.87. The van der Waals surface area contributed by atoms with E-state index in [9.17, 15) is 4.39 Å². The van der Waals surface area contributed by atoms with Crippen LogP contribution in [0.25, 0.3) is 0 Å². The summed E-state index contributed by atoms with van der Waals surface area (Å²) in [6, 6.07) is 8.27. The third-order valence-electron chi connectivity index (χ3n) is 2.24. The fourth-order valence-corrected chi connectivity index (χ4v) is 2.75. The molecule has 0 aliphatic heterocycles. The molecular weight excluding hydrogens is 291 g/mol. The molecular formula is C11H10BrFN2S. The number of halogens is 2. The van der Waals surface area contributed by atoms with E-state index in [1.807, 2.05) is 24.1 Å². The second-order valence-corrected chi connectivity index (χ2v) is 5.78. The molecule has 1 heterocycles. The fourth-order valence-electron chi connectivity index (χ4n) is 1.41. The Morgan fingerprint density at radius 3 is 2.69 bits per heavy atom. The number of thiophene rings is 1. The van der Waals surface area contributed by atoms with Gasteiger partial charge in [-0.25, -0.2) is 4.39 Å². The van der Waals surface area contributed by atoms with Crippen LogP contribution in [0, 0.1) is 5.82 Å². The zero-order chi connectivity index (χ0) is 11.7. The average Bonchev–Trinajstić information content (AvgIpc) is 2.67. The Bertz CT molecular complexity index is 512. The highest BCUT2D eigenvalue weighted by Crippen LogP contribution is 2.35. The van der Waals surface area contributed by atoms with Gasteiger partial charge in [0.05, 0.1) is 20.2 Å². The van der Waals surface area contributed by atoms with Gasteiger partial charge >= 0.3 is 0 Å². The first kappa shape index (κ1) is 11.4. The maximum atomic E-state index is 13.1. The van der Waals surface area contributed by atoms with Crippen LogP contribution in [0.5, 0.6) is 0 Å². The topological polar surface area (TPSA) is 29.3 Å². The number of rotatable bonds is 2. The zero-order valence-corrected chi connectivity index (χ0v) is 11.0. The molecule has 1 aromatic heterocycles. The maximum Gasteiger partial charge on any atom is 0.125 e. The lowest BCUT2D eigenvalue weighted by atomic mass is 10.2. The summed E-state index contributed by atoms with van der Waals surface area (Å²) < 4.78 is 14.2. The van der Waals surface area contributed by atoms with Gasteiger partial charge in [0.15, 0.2) is 0 Å². The molecule has 1 aromatic carbocycles. The smallest absolute Gasteiger partial charge is 0.125 e.